The molecule has 126 valence electrons. The van der Waals surface area contributed by atoms with Gasteiger partial charge in [0.1, 0.15) is 0 Å². The summed E-state index contributed by atoms with van der Waals surface area (Å²) in [5.74, 6) is -0.0653. The molecule has 0 atom stereocenters. The van der Waals surface area contributed by atoms with Crippen molar-refractivity contribution < 1.29 is 4.79 Å². The highest BCUT2D eigenvalue weighted by Crippen LogP contribution is 2.22. The number of nitrogens with one attached hydrogen (secondary N) is 1. The lowest BCUT2D eigenvalue weighted by Crippen LogP contribution is -2.19. The number of carbonyl (C=O) groups excluding carboxylic acids is 1. The van der Waals surface area contributed by atoms with Gasteiger partial charge in [0.05, 0.1) is 5.71 Å². The third kappa shape index (κ3) is 5.34. The largest absolute Gasteiger partial charge is 0.273 e. The number of rotatable bonds is 5. The van der Waals surface area contributed by atoms with E-state index in [2.05, 4.69) is 55.6 Å². The van der Waals surface area contributed by atoms with Gasteiger partial charge in [0.15, 0.2) is 0 Å². The molecule has 0 saturated carbocycles. The van der Waals surface area contributed by atoms with Gasteiger partial charge < -0.3 is 0 Å². The van der Waals surface area contributed by atoms with Gasteiger partial charge in [-0.3, -0.25) is 4.79 Å². The van der Waals surface area contributed by atoms with Crippen LogP contribution in [0.2, 0.25) is 0 Å². The zero-order valence-corrected chi connectivity index (χ0v) is 15.0. The van der Waals surface area contributed by atoms with Gasteiger partial charge in [0, 0.05) is 6.42 Å². The van der Waals surface area contributed by atoms with E-state index in [1.54, 1.807) is 0 Å². The number of aryl methyl sites for hydroxylation is 1. The predicted molar refractivity (Wildman–Crippen MR) is 100 cm³/mol. The van der Waals surface area contributed by atoms with Crippen LogP contribution >= 0.6 is 0 Å². The van der Waals surface area contributed by atoms with Crippen molar-refractivity contribution in [3.8, 4) is 0 Å². The molecule has 2 aromatic carbocycles. The molecule has 0 saturated heterocycles. The smallest absolute Gasteiger partial charge is 0.240 e. The highest BCUT2D eigenvalue weighted by molar-refractivity contribution is 5.99. The van der Waals surface area contributed by atoms with Gasteiger partial charge in [-0.15, -0.1) is 0 Å². The fourth-order valence-corrected chi connectivity index (χ4v) is 2.38. The van der Waals surface area contributed by atoms with Crippen LogP contribution in [-0.2, 0) is 16.6 Å². The Morgan fingerprint density at radius 2 is 1.62 bits per heavy atom. The summed E-state index contributed by atoms with van der Waals surface area (Å²) in [5.41, 5.74) is 7.05. The van der Waals surface area contributed by atoms with Crippen LogP contribution in [-0.4, -0.2) is 11.6 Å². The van der Waals surface area contributed by atoms with E-state index in [1.807, 2.05) is 37.3 Å². The third-order valence-corrected chi connectivity index (χ3v) is 4.00. The second-order valence-corrected chi connectivity index (χ2v) is 7.05. The molecular weight excluding hydrogens is 296 g/mol. The van der Waals surface area contributed by atoms with E-state index >= 15 is 0 Å². The van der Waals surface area contributed by atoms with Gasteiger partial charge in [0.2, 0.25) is 5.91 Å². The summed E-state index contributed by atoms with van der Waals surface area (Å²) < 4.78 is 0. The summed E-state index contributed by atoms with van der Waals surface area (Å²) in [6.45, 7) is 8.48. The molecule has 24 heavy (non-hydrogen) atoms. The maximum Gasteiger partial charge on any atom is 0.240 e. The molecule has 0 bridgehead atoms. The van der Waals surface area contributed by atoms with E-state index in [1.165, 1.54) is 5.56 Å². The molecule has 2 aromatic rings. The Kier molecular flexibility index (Phi) is 5.91. The van der Waals surface area contributed by atoms with Crippen LogP contribution in [0.1, 0.15) is 50.8 Å². The molecule has 0 aliphatic carbocycles. The van der Waals surface area contributed by atoms with E-state index in [0.717, 1.165) is 23.3 Å². The average Bonchev–Trinajstić information content (AvgIpc) is 2.58. The number of hydrogen-bond donors (Lipinski definition) is 1. The number of amides is 1. The summed E-state index contributed by atoms with van der Waals surface area (Å²) in [7, 11) is 0. The minimum atomic E-state index is -0.0653. The lowest BCUT2D eigenvalue weighted by Gasteiger charge is -2.19. The third-order valence-electron chi connectivity index (χ3n) is 4.00. The molecule has 0 aromatic heterocycles. The Morgan fingerprint density at radius 1 is 1.00 bits per heavy atom. The van der Waals surface area contributed by atoms with Gasteiger partial charge in [0.25, 0.3) is 0 Å². The molecule has 0 fully saturated rings. The van der Waals surface area contributed by atoms with Crippen molar-refractivity contribution in [2.45, 2.75) is 46.0 Å². The van der Waals surface area contributed by atoms with Crippen molar-refractivity contribution in [1.82, 2.24) is 5.43 Å². The van der Waals surface area contributed by atoms with Crippen LogP contribution in [0, 0.1) is 0 Å². The highest BCUT2D eigenvalue weighted by Gasteiger charge is 2.13. The Balaban J connectivity index is 1.90. The van der Waals surface area contributed by atoms with Crippen LogP contribution in [0.5, 0.6) is 0 Å². The Bertz CT molecular complexity index is 695. The fraction of sp³-hybridized carbons (Fsp3) is 0.333. The van der Waals surface area contributed by atoms with Crippen LogP contribution in [0.15, 0.2) is 59.7 Å². The molecule has 2 rings (SSSR count). The van der Waals surface area contributed by atoms with Crippen LogP contribution in [0.3, 0.4) is 0 Å². The Labute approximate surface area is 144 Å². The first-order valence-electron chi connectivity index (χ1n) is 8.34. The summed E-state index contributed by atoms with van der Waals surface area (Å²) in [6, 6.07) is 18.3. The molecule has 0 aliphatic heterocycles. The molecule has 0 aliphatic rings. The standard InChI is InChI=1S/C21H26N2O/c1-16(18-11-13-19(14-12-18)21(2,3)4)22-23-20(24)15-10-17-8-6-5-7-9-17/h5-9,11-14H,10,15H2,1-4H3,(H,23,24)/b22-16+. The molecule has 3 heteroatoms. The molecule has 0 unspecified atom stereocenters. The second kappa shape index (κ2) is 7.91. The molecule has 1 amide bonds. The summed E-state index contributed by atoms with van der Waals surface area (Å²) in [6.07, 6.45) is 1.16. The summed E-state index contributed by atoms with van der Waals surface area (Å²) in [4.78, 5) is 11.9. The van der Waals surface area contributed by atoms with Crippen molar-refractivity contribution in [2.24, 2.45) is 5.10 Å². The predicted octanol–water partition coefficient (Wildman–Crippen LogP) is 4.46. The van der Waals surface area contributed by atoms with Crippen LogP contribution in [0.4, 0.5) is 0 Å². The molecule has 1 N–H and O–H groups in total. The minimum Gasteiger partial charge on any atom is -0.273 e. The van der Waals surface area contributed by atoms with Gasteiger partial charge in [-0.05, 0) is 35.4 Å². The minimum absolute atomic E-state index is 0.0653. The van der Waals surface area contributed by atoms with Crippen molar-refractivity contribution in [1.29, 1.82) is 0 Å². The quantitative estimate of drug-likeness (QED) is 0.641. The monoisotopic (exact) mass is 322 g/mol. The SMILES string of the molecule is C/C(=N\NC(=O)CCc1ccccc1)c1ccc(C(C)(C)C)cc1. The maximum atomic E-state index is 11.9. The van der Waals surface area contributed by atoms with E-state index in [-0.39, 0.29) is 11.3 Å². The number of hydrazone groups is 1. The molecule has 0 radical (unpaired) electrons. The van der Waals surface area contributed by atoms with Gasteiger partial charge in [-0.1, -0.05) is 75.4 Å². The first-order valence-corrected chi connectivity index (χ1v) is 8.34. The Morgan fingerprint density at radius 3 is 2.21 bits per heavy atom. The molecule has 0 heterocycles. The van der Waals surface area contributed by atoms with Crippen molar-refractivity contribution in [2.75, 3.05) is 0 Å². The zero-order chi connectivity index (χ0) is 17.6. The fourth-order valence-electron chi connectivity index (χ4n) is 2.38. The Hall–Kier alpha value is -2.42. The molecular formula is C21H26N2O. The van der Waals surface area contributed by atoms with Gasteiger partial charge in [-0.25, -0.2) is 5.43 Å². The lowest BCUT2D eigenvalue weighted by molar-refractivity contribution is -0.121. The number of carbonyl (C=O) groups is 1. The maximum absolute atomic E-state index is 11.9. The van der Waals surface area contributed by atoms with E-state index < -0.39 is 0 Å². The lowest BCUT2D eigenvalue weighted by atomic mass is 9.86. The molecule has 0 spiro atoms. The average molecular weight is 322 g/mol. The van der Waals surface area contributed by atoms with Gasteiger partial charge in [-0.2, -0.15) is 5.10 Å². The highest BCUT2D eigenvalue weighted by atomic mass is 16.2. The van der Waals surface area contributed by atoms with Crippen molar-refractivity contribution in [3.05, 3.63) is 71.3 Å². The second-order valence-electron chi connectivity index (χ2n) is 7.05. The summed E-state index contributed by atoms with van der Waals surface area (Å²) in [5, 5.41) is 4.22. The zero-order valence-electron chi connectivity index (χ0n) is 15.0. The van der Waals surface area contributed by atoms with Crippen molar-refractivity contribution in [3.63, 3.8) is 0 Å². The number of hydrogen-bond acceptors (Lipinski definition) is 2. The van der Waals surface area contributed by atoms with Crippen LogP contribution in [0.25, 0.3) is 0 Å². The van der Waals surface area contributed by atoms with E-state index in [4.69, 9.17) is 0 Å². The van der Waals surface area contributed by atoms with Gasteiger partial charge >= 0.3 is 0 Å². The first kappa shape index (κ1) is 17.9. The molecule has 3 nitrogen and oxygen atoms in total. The van der Waals surface area contributed by atoms with E-state index in [9.17, 15) is 4.79 Å². The topological polar surface area (TPSA) is 41.5 Å². The number of nitrogens with zero attached hydrogens (tertiary/aromatic N) is 1. The van der Waals surface area contributed by atoms with Crippen LogP contribution < -0.4 is 5.43 Å². The van der Waals surface area contributed by atoms with Crippen molar-refractivity contribution >= 4 is 11.6 Å². The summed E-state index contributed by atoms with van der Waals surface area (Å²) >= 11 is 0. The van der Waals surface area contributed by atoms with E-state index in [0.29, 0.717) is 6.42 Å². The normalized spacial score (nSPS) is 12.1. The number of benzene rings is 2. The first-order chi connectivity index (χ1) is 11.4.